The number of fused-ring (bicyclic) bond motifs is 1. The molecule has 0 radical (unpaired) electrons. The molecule has 0 aliphatic carbocycles. The standard InChI is InChI=1S/C14H20N2O/c1-3-16-12(5-4-8-15)9-11-10-13(17-2)6-7-14(11)16/h6-7,9-10H,3-5,8,15H2,1-2H3. The first-order valence-electron chi connectivity index (χ1n) is 6.16. The number of methoxy groups -OCH3 is 1. The number of aryl methyl sites for hydroxylation is 2. The van der Waals surface area contributed by atoms with Gasteiger partial charge in [-0.25, -0.2) is 0 Å². The molecule has 0 spiro atoms. The first kappa shape index (κ1) is 12.0. The Kier molecular flexibility index (Phi) is 3.69. The minimum Gasteiger partial charge on any atom is -0.497 e. The lowest BCUT2D eigenvalue weighted by molar-refractivity contribution is 0.415. The van der Waals surface area contributed by atoms with Gasteiger partial charge in [0.2, 0.25) is 0 Å². The number of rotatable bonds is 5. The van der Waals surface area contributed by atoms with Crippen molar-refractivity contribution in [2.75, 3.05) is 13.7 Å². The van der Waals surface area contributed by atoms with Gasteiger partial charge in [-0.15, -0.1) is 0 Å². The monoisotopic (exact) mass is 232 g/mol. The Morgan fingerprint density at radius 2 is 2.12 bits per heavy atom. The van der Waals surface area contributed by atoms with Crippen LogP contribution in [0, 0.1) is 0 Å². The number of hydrogen-bond donors (Lipinski definition) is 1. The van der Waals surface area contributed by atoms with Crippen molar-refractivity contribution in [1.29, 1.82) is 0 Å². The predicted octanol–water partition coefficient (Wildman–Crippen LogP) is 2.56. The maximum Gasteiger partial charge on any atom is 0.119 e. The van der Waals surface area contributed by atoms with E-state index >= 15 is 0 Å². The van der Waals surface area contributed by atoms with E-state index < -0.39 is 0 Å². The molecular weight excluding hydrogens is 212 g/mol. The molecule has 2 N–H and O–H groups in total. The van der Waals surface area contributed by atoms with Gasteiger partial charge < -0.3 is 15.0 Å². The van der Waals surface area contributed by atoms with Gasteiger partial charge in [0.05, 0.1) is 7.11 Å². The van der Waals surface area contributed by atoms with Crippen LogP contribution in [0.5, 0.6) is 5.75 Å². The third kappa shape index (κ3) is 2.29. The highest BCUT2D eigenvalue weighted by Gasteiger charge is 2.07. The predicted molar refractivity (Wildman–Crippen MR) is 71.5 cm³/mol. The third-order valence-electron chi connectivity index (χ3n) is 3.15. The van der Waals surface area contributed by atoms with Crippen LogP contribution in [0.15, 0.2) is 24.3 Å². The summed E-state index contributed by atoms with van der Waals surface area (Å²) in [5.41, 5.74) is 8.22. The second kappa shape index (κ2) is 5.23. The number of aromatic nitrogens is 1. The van der Waals surface area contributed by atoms with Crippen LogP contribution in [0.1, 0.15) is 19.0 Å². The van der Waals surface area contributed by atoms with Gasteiger partial charge in [-0.1, -0.05) is 0 Å². The molecule has 3 nitrogen and oxygen atoms in total. The van der Waals surface area contributed by atoms with Crippen LogP contribution in [0.3, 0.4) is 0 Å². The fourth-order valence-electron chi connectivity index (χ4n) is 2.30. The average Bonchev–Trinajstić information content (AvgIpc) is 2.72. The maximum absolute atomic E-state index is 5.58. The summed E-state index contributed by atoms with van der Waals surface area (Å²) in [6, 6.07) is 8.48. The molecule has 0 aliphatic heterocycles. The summed E-state index contributed by atoms with van der Waals surface area (Å²) in [6.07, 6.45) is 2.08. The van der Waals surface area contributed by atoms with Crippen molar-refractivity contribution in [1.82, 2.24) is 4.57 Å². The lowest BCUT2D eigenvalue weighted by atomic mass is 10.2. The van der Waals surface area contributed by atoms with Crippen LogP contribution < -0.4 is 10.5 Å². The summed E-state index contributed by atoms with van der Waals surface area (Å²) < 4.78 is 7.61. The molecule has 92 valence electrons. The summed E-state index contributed by atoms with van der Waals surface area (Å²) >= 11 is 0. The van der Waals surface area contributed by atoms with Gasteiger partial charge in [-0.2, -0.15) is 0 Å². The van der Waals surface area contributed by atoms with Crippen molar-refractivity contribution in [3.8, 4) is 5.75 Å². The molecule has 0 saturated carbocycles. The van der Waals surface area contributed by atoms with Gasteiger partial charge in [0, 0.05) is 23.1 Å². The maximum atomic E-state index is 5.58. The molecule has 2 aromatic rings. The highest BCUT2D eigenvalue weighted by Crippen LogP contribution is 2.25. The Hall–Kier alpha value is -1.48. The number of hydrogen-bond acceptors (Lipinski definition) is 2. The molecule has 0 atom stereocenters. The molecule has 0 amide bonds. The second-order valence-corrected chi connectivity index (χ2v) is 4.20. The zero-order valence-corrected chi connectivity index (χ0v) is 10.6. The molecule has 0 unspecified atom stereocenters. The van der Waals surface area contributed by atoms with E-state index in [4.69, 9.17) is 10.5 Å². The summed E-state index contributed by atoms with van der Waals surface area (Å²) in [5, 5.41) is 1.25. The minimum absolute atomic E-state index is 0.745. The van der Waals surface area contributed by atoms with E-state index in [1.54, 1.807) is 7.11 Å². The van der Waals surface area contributed by atoms with E-state index in [1.165, 1.54) is 16.6 Å². The molecule has 1 aromatic carbocycles. The van der Waals surface area contributed by atoms with E-state index in [0.29, 0.717) is 0 Å². The van der Waals surface area contributed by atoms with Crippen molar-refractivity contribution in [3.05, 3.63) is 30.0 Å². The van der Waals surface area contributed by atoms with E-state index in [2.05, 4.69) is 29.7 Å². The molecule has 0 bridgehead atoms. The van der Waals surface area contributed by atoms with Gasteiger partial charge in [-0.05, 0) is 50.6 Å². The van der Waals surface area contributed by atoms with Crippen molar-refractivity contribution in [2.24, 2.45) is 5.73 Å². The molecule has 2 rings (SSSR count). The van der Waals surface area contributed by atoms with Crippen LogP contribution in [-0.2, 0) is 13.0 Å². The number of nitrogens with two attached hydrogens (primary N) is 1. The smallest absolute Gasteiger partial charge is 0.119 e. The van der Waals surface area contributed by atoms with E-state index in [0.717, 1.165) is 31.7 Å². The Morgan fingerprint density at radius 3 is 2.76 bits per heavy atom. The lowest BCUT2D eigenvalue weighted by Crippen LogP contribution is -2.05. The first-order valence-corrected chi connectivity index (χ1v) is 6.16. The van der Waals surface area contributed by atoms with Crippen molar-refractivity contribution in [2.45, 2.75) is 26.3 Å². The SMILES string of the molecule is CCn1c(CCCN)cc2cc(OC)ccc21. The summed E-state index contributed by atoms with van der Waals surface area (Å²) in [7, 11) is 1.70. The highest BCUT2D eigenvalue weighted by atomic mass is 16.5. The van der Waals surface area contributed by atoms with Crippen molar-refractivity contribution < 1.29 is 4.74 Å². The third-order valence-corrected chi connectivity index (χ3v) is 3.15. The Morgan fingerprint density at radius 1 is 1.29 bits per heavy atom. The Labute approximate surface area is 102 Å². The fourth-order valence-corrected chi connectivity index (χ4v) is 2.30. The van der Waals surface area contributed by atoms with E-state index in [9.17, 15) is 0 Å². The van der Waals surface area contributed by atoms with E-state index in [-0.39, 0.29) is 0 Å². The summed E-state index contributed by atoms with van der Waals surface area (Å²) in [5.74, 6) is 0.913. The first-order chi connectivity index (χ1) is 8.30. The van der Waals surface area contributed by atoms with Crippen LogP contribution in [0.25, 0.3) is 10.9 Å². The largest absolute Gasteiger partial charge is 0.497 e. The van der Waals surface area contributed by atoms with Crippen LogP contribution >= 0.6 is 0 Å². The minimum atomic E-state index is 0.745. The summed E-state index contributed by atoms with van der Waals surface area (Å²) in [6.45, 7) is 3.92. The molecular formula is C14H20N2O. The summed E-state index contributed by atoms with van der Waals surface area (Å²) in [4.78, 5) is 0. The van der Waals surface area contributed by atoms with Gasteiger partial charge in [0.1, 0.15) is 5.75 Å². The molecule has 0 saturated heterocycles. The Balaban J connectivity index is 2.46. The molecule has 0 aliphatic rings. The van der Waals surface area contributed by atoms with Crippen molar-refractivity contribution in [3.63, 3.8) is 0 Å². The van der Waals surface area contributed by atoms with Crippen LogP contribution in [-0.4, -0.2) is 18.2 Å². The quantitative estimate of drug-likeness (QED) is 0.860. The van der Waals surface area contributed by atoms with Crippen LogP contribution in [0.4, 0.5) is 0 Å². The molecule has 3 heteroatoms. The zero-order valence-electron chi connectivity index (χ0n) is 10.6. The van der Waals surface area contributed by atoms with Gasteiger partial charge in [-0.3, -0.25) is 0 Å². The molecule has 1 heterocycles. The van der Waals surface area contributed by atoms with Gasteiger partial charge in [0.15, 0.2) is 0 Å². The second-order valence-electron chi connectivity index (χ2n) is 4.20. The zero-order chi connectivity index (χ0) is 12.3. The van der Waals surface area contributed by atoms with Crippen LogP contribution in [0.2, 0.25) is 0 Å². The topological polar surface area (TPSA) is 40.2 Å². The van der Waals surface area contributed by atoms with E-state index in [1.807, 2.05) is 6.07 Å². The Bertz CT molecular complexity index is 502. The molecule has 0 fully saturated rings. The number of nitrogens with zero attached hydrogens (tertiary/aromatic N) is 1. The number of benzene rings is 1. The average molecular weight is 232 g/mol. The van der Waals surface area contributed by atoms with Gasteiger partial charge >= 0.3 is 0 Å². The van der Waals surface area contributed by atoms with Crippen molar-refractivity contribution >= 4 is 10.9 Å². The molecule has 17 heavy (non-hydrogen) atoms. The molecule has 1 aromatic heterocycles. The highest BCUT2D eigenvalue weighted by molar-refractivity contribution is 5.83. The number of ether oxygens (including phenoxy) is 1. The fraction of sp³-hybridized carbons (Fsp3) is 0.429. The normalized spacial score (nSPS) is 11.0. The lowest BCUT2D eigenvalue weighted by Gasteiger charge is -2.07. The van der Waals surface area contributed by atoms with Gasteiger partial charge in [0.25, 0.3) is 0 Å².